The van der Waals surface area contributed by atoms with Crippen LogP contribution in [0.2, 0.25) is 0 Å². The van der Waals surface area contributed by atoms with Crippen molar-refractivity contribution in [3.63, 3.8) is 0 Å². The monoisotopic (exact) mass is 324 g/mol. The summed E-state index contributed by atoms with van der Waals surface area (Å²) in [4.78, 5) is 29.7. The van der Waals surface area contributed by atoms with Gasteiger partial charge in [0.2, 0.25) is 0 Å². The lowest BCUT2D eigenvalue weighted by Gasteiger charge is -2.16. The van der Waals surface area contributed by atoms with E-state index >= 15 is 0 Å². The first-order chi connectivity index (χ1) is 11.5. The summed E-state index contributed by atoms with van der Waals surface area (Å²) in [5.41, 5.74) is 3.54. The van der Waals surface area contributed by atoms with Crippen LogP contribution in [-0.4, -0.2) is 40.0 Å². The van der Waals surface area contributed by atoms with Crippen molar-refractivity contribution >= 4 is 11.9 Å². The first-order valence-electron chi connectivity index (χ1n) is 8.00. The summed E-state index contributed by atoms with van der Waals surface area (Å²) < 4.78 is 0. The fraction of sp³-hybridized carbons (Fsp3) is 0.316. The molecule has 1 fully saturated rings. The fourth-order valence-corrected chi connectivity index (χ4v) is 3.10. The van der Waals surface area contributed by atoms with Gasteiger partial charge in [0, 0.05) is 31.0 Å². The molecule has 2 atom stereocenters. The fourth-order valence-electron chi connectivity index (χ4n) is 3.10. The molecule has 1 aliphatic heterocycles. The summed E-state index contributed by atoms with van der Waals surface area (Å²) >= 11 is 0. The number of likely N-dealkylation sites (tertiary alicyclic amines) is 1. The van der Waals surface area contributed by atoms with E-state index in [1.165, 1.54) is 5.56 Å². The van der Waals surface area contributed by atoms with Gasteiger partial charge < -0.3 is 10.0 Å². The molecule has 24 heavy (non-hydrogen) atoms. The molecule has 1 aromatic heterocycles. The Labute approximate surface area is 140 Å². The van der Waals surface area contributed by atoms with E-state index in [0.717, 1.165) is 11.1 Å². The Kier molecular flexibility index (Phi) is 4.34. The van der Waals surface area contributed by atoms with Crippen LogP contribution < -0.4 is 0 Å². The number of carboxylic acid groups (broad SMARTS) is 1. The Bertz CT molecular complexity index is 770. The van der Waals surface area contributed by atoms with Crippen molar-refractivity contribution in [2.24, 2.45) is 11.8 Å². The zero-order valence-electron chi connectivity index (χ0n) is 13.8. The smallest absolute Gasteiger partial charge is 0.308 e. The van der Waals surface area contributed by atoms with Crippen molar-refractivity contribution in [2.75, 3.05) is 13.1 Å². The number of carbonyl (C=O) groups is 2. The molecule has 1 saturated heterocycles. The average Bonchev–Trinajstić information content (AvgIpc) is 2.97. The van der Waals surface area contributed by atoms with Crippen LogP contribution >= 0.6 is 0 Å². The number of carbonyl (C=O) groups excluding carboxylic acids is 1. The van der Waals surface area contributed by atoms with Crippen LogP contribution in [0.3, 0.4) is 0 Å². The third-order valence-corrected chi connectivity index (χ3v) is 4.59. The summed E-state index contributed by atoms with van der Waals surface area (Å²) in [5, 5.41) is 9.22. The molecule has 3 rings (SSSR count). The standard InChI is InChI=1S/C19H20N2O3/c1-12-3-5-14(6-4-12)15-7-16(9-20-8-15)18(22)21-10-13(2)17(11-21)19(23)24/h3-9,13,17H,10-11H2,1-2H3,(H,23,24)/t13-,17-/m1/s1. The predicted molar refractivity (Wildman–Crippen MR) is 90.6 cm³/mol. The molecule has 1 N–H and O–H groups in total. The van der Waals surface area contributed by atoms with Gasteiger partial charge in [-0.2, -0.15) is 0 Å². The molecule has 0 unspecified atom stereocenters. The van der Waals surface area contributed by atoms with Crippen LogP contribution in [0, 0.1) is 18.8 Å². The third kappa shape index (κ3) is 3.15. The molecule has 124 valence electrons. The Morgan fingerprint density at radius 1 is 1.12 bits per heavy atom. The van der Waals surface area contributed by atoms with Gasteiger partial charge in [-0.15, -0.1) is 0 Å². The molecule has 5 heteroatoms. The zero-order chi connectivity index (χ0) is 17.3. The summed E-state index contributed by atoms with van der Waals surface area (Å²) in [6.45, 7) is 4.61. The van der Waals surface area contributed by atoms with E-state index in [4.69, 9.17) is 0 Å². The van der Waals surface area contributed by atoms with Crippen LogP contribution in [0.4, 0.5) is 0 Å². The van der Waals surface area contributed by atoms with Gasteiger partial charge in [-0.3, -0.25) is 14.6 Å². The first kappa shape index (κ1) is 16.2. The largest absolute Gasteiger partial charge is 0.481 e. The zero-order valence-corrected chi connectivity index (χ0v) is 13.8. The summed E-state index contributed by atoms with van der Waals surface area (Å²) in [7, 11) is 0. The maximum absolute atomic E-state index is 12.7. The van der Waals surface area contributed by atoms with Crippen molar-refractivity contribution in [3.8, 4) is 11.1 Å². The lowest BCUT2D eigenvalue weighted by molar-refractivity contribution is -0.142. The second-order valence-electron chi connectivity index (χ2n) is 6.46. The highest BCUT2D eigenvalue weighted by molar-refractivity contribution is 5.95. The Morgan fingerprint density at radius 3 is 2.46 bits per heavy atom. The van der Waals surface area contributed by atoms with E-state index < -0.39 is 11.9 Å². The van der Waals surface area contributed by atoms with Gasteiger partial charge in [-0.05, 0) is 24.5 Å². The lowest BCUT2D eigenvalue weighted by Crippen LogP contribution is -2.30. The number of carboxylic acids is 1. The number of hydrogen-bond acceptors (Lipinski definition) is 3. The highest BCUT2D eigenvalue weighted by Gasteiger charge is 2.37. The van der Waals surface area contributed by atoms with E-state index in [9.17, 15) is 14.7 Å². The predicted octanol–water partition coefficient (Wildman–Crippen LogP) is 2.85. The first-order valence-corrected chi connectivity index (χ1v) is 8.00. The number of amides is 1. The molecule has 1 aliphatic rings. The van der Waals surface area contributed by atoms with Gasteiger partial charge in [-0.25, -0.2) is 0 Å². The molecule has 2 heterocycles. The van der Waals surface area contributed by atoms with E-state index in [2.05, 4.69) is 4.98 Å². The second-order valence-corrected chi connectivity index (χ2v) is 6.46. The van der Waals surface area contributed by atoms with Crippen molar-refractivity contribution in [3.05, 3.63) is 53.9 Å². The number of aryl methyl sites for hydroxylation is 1. The Morgan fingerprint density at radius 2 is 1.83 bits per heavy atom. The molecule has 1 amide bonds. The molecule has 2 aromatic rings. The maximum Gasteiger partial charge on any atom is 0.308 e. The van der Waals surface area contributed by atoms with Gasteiger partial charge in [0.15, 0.2) is 0 Å². The van der Waals surface area contributed by atoms with Gasteiger partial charge in [0.25, 0.3) is 5.91 Å². The number of nitrogens with zero attached hydrogens (tertiary/aromatic N) is 2. The van der Waals surface area contributed by atoms with E-state index in [1.54, 1.807) is 17.3 Å². The van der Waals surface area contributed by atoms with Gasteiger partial charge >= 0.3 is 5.97 Å². The van der Waals surface area contributed by atoms with Crippen LogP contribution in [0.1, 0.15) is 22.8 Å². The molecular formula is C19H20N2O3. The second kappa shape index (κ2) is 6.43. The number of pyridine rings is 1. The third-order valence-electron chi connectivity index (χ3n) is 4.59. The van der Waals surface area contributed by atoms with Gasteiger partial charge in [0.05, 0.1) is 11.5 Å². The quantitative estimate of drug-likeness (QED) is 0.942. The molecule has 0 aliphatic carbocycles. The van der Waals surface area contributed by atoms with Crippen LogP contribution in [0.15, 0.2) is 42.7 Å². The highest BCUT2D eigenvalue weighted by atomic mass is 16.4. The number of hydrogen-bond donors (Lipinski definition) is 1. The Hall–Kier alpha value is -2.69. The van der Waals surface area contributed by atoms with Crippen LogP contribution in [-0.2, 0) is 4.79 Å². The summed E-state index contributed by atoms with van der Waals surface area (Å²) in [6.07, 6.45) is 3.27. The van der Waals surface area contributed by atoms with Crippen LogP contribution in [0.5, 0.6) is 0 Å². The molecule has 0 radical (unpaired) electrons. The van der Waals surface area contributed by atoms with Crippen molar-refractivity contribution in [1.29, 1.82) is 0 Å². The van der Waals surface area contributed by atoms with E-state index in [-0.39, 0.29) is 18.4 Å². The highest BCUT2D eigenvalue weighted by Crippen LogP contribution is 2.26. The maximum atomic E-state index is 12.7. The summed E-state index contributed by atoms with van der Waals surface area (Å²) in [6, 6.07) is 9.85. The Balaban J connectivity index is 1.83. The normalized spacial score (nSPS) is 20.2. The van der Waals surface area contributed by atoms with Crippen LogP contribution in [0.25, 0.3) is 11.1 Å². The number of aliphatic carboxylic acids is 1. The molecule has 0 spiro atoms. The molecule has 1 aromatic carbocycles. The minimum Gasteiger partial charge on any atom is -0.481 e. The number of rotatable bonds is 3. The molecule has 0 bridgehead atoms. The lowest BCUT2D eigenvalue weighted by atomic mass is 9.99. The number of benzene rings is 1. The minimum absolute atomic E-state index is 0.0420. The summed E-state index contributed by atoms with van der Waals surface area (Å²) in [5.74, 6) is -1.54. The number of aromatic nitrogens is 1. The van der Waals surface area contributed by atoms with Crippen molar-refractivity contribution < 1.29 is 14.7 Å². The van der Waals surface area contributed by atoms with Crippen molar-refractivity contribution in [1.82, 2.24) is 9.88 Å². The van der Waals surface area contributed by atoms with Crippen molar-refractivity contribution in [2.45, 2.75) is 13.8 Å². The van der Waals surface area contributed by atoms with E-state index in [1.807, 2.05) is 44.2 Å². The topological polar surface area (TPSA) is 70.5 Å². The minimum atomic E-state index is -0.843. The van der Waals surface area contributed by atoms with Gasteiger partial charge in [0.1, 0.15) is 0 Å². The molecule has 0 saturated carbocycles. The molecule has 5 nitrogen and oxygen atoms in total. The SMILES string of the molecule is Cc1ccc(-c2cncc(C(=O)N3C[C@@H](C)[C@H](C(=O)O)C3)c2)cc1. The average molecular weight is 324 g/mol. The van der Waals surface area contributed by atoms with Gasteiger partial charge in [-0.1, -0.05) is 36.8 Å². The molecular weight excluding hydrogens is 304 g/mol. The van der Waals surface area contributed by atoms with E-state index in [0.29, 0.717) is 12.1 Å².